The number of benzene rings is 3. The summed E-state index contributed by atoms with van der Waals surface area (Å²) in [5.41, 5.74) is 2.82. The summed E-state index contributed by atoms with van der Waals surface area (Å²) in [5.74, 6) is -0.0806. The highest BCUT2D eigenvalue weighted by atomic mass is 79.9. The predicted molar refractivity (Wildman–Crippen MR) is 129 cm³/mol. The minimum absolute atomic E-state index is 0.0806. The fourth-order valence-corrected chi connectivity index (χ4v) is 5.01. The number of nitrogens with zero attached hydrogens (tertiary/aromatic N) is 1. The van der Waals surface area contributed by atoms with E-state index in [0.717, 1.165) is 38.0 Å². The van der Waals surface area contributed by atoms with Crippen molar-refractivity contribution in [2.24, 2.45) is 0 Å². The fraction of sp³-hybridized carbons (Fsp3) is 0.346. The minimum Gasteiger partial charge on any atom is -0.322 e. The molecule has 1 aliphatic rings. The van der Waals surface area contributed by atoms with Crippen LogP contribution in [-0.2, 0) is 6.54 Å². The van der Waals surface area contributed by atoms with Gasteiger partial charge < -0.3 is 9.80 Å². The number of anilines is 1. The Morgan fingerprint density at radius 1 is 0.933 bits per heavy atom. The lowest BCUT2D eigenvalue weighted by Gasteiger charge is -2.40. The first-order valence-corrected chi connectivity index (χ1v) is 11.6. The quantitative estimate of drug-likeness (QED) is 0.414. The molecule has 0 radical (unpaired) electrons. The second kappa shape index (κ2) is 8.91. The van der Waals surface area contributed by atoms with Crippen molar-refractivity contribution in [3.63, 3.8) is 0 Å². The van der Waals surface area contributed by atoms with Crippen molar-refractivity contribution < 1.29 is 9.28 Å². The van der Waals surface area contributed by atoms with E-state index in [1.165, 1.54) is 37.7 Å². The van der Waals surface area contributed by atoms with Gasteiger partial charge >= 0.3 is 0 Å². The topological polar surface area (TPSA) is 29.1 Å². The van der Waals surface area contributed by atoms with E-state index in [2.05, 4.69) is 47.5 Å². The van der Waals surface area contributed by atoms with E-state index in [9.17, 15) is 4.79 Å². The van der Waals surface area contributed by atoms with Gasteiger partial charge in [-0.2, -0.15) is 0 Å². The summed E-state index contributed by atoms with van der Waals surface area (Å²) in [6.07, 6.45) is 6.79. The number of rotatable bonds is 5. The normalized spacial score (nSPS) is 15.3. The smallest absolute Gasteiger partial charge is 0.255 e. The van der Waals surface area contributed by atoms with Crippen LogP contribution in [0.3, 0.4) is 0 Å². The maximum Gasteiger partial charge on any atom is 0.255 e. The van der Waals surface area contributed by atoms with Crippen LogP contribution >= 0.6 is 15.9 Å². The number of carbonyl (C=O) groups excluding carboxylic acids is 1. The molecule has 0 bridgehead atoms. The van der Waals surface area contributed by atoms with Crippen molar-refractivity contribution in [1.29, 1.82) is 0 Å². The number of nitrogens with one attached hydrogen (secondary N) is 1. The van der Waals surface area contributed by atoms with Gasteiger partial charge in [0.05, 0.1) is 20.1 Å². The van der Waals surface area contributed by atoms with Crippen LogP contribution in [0.5, 0.6) is 0 Å². The van der Waals surface area contributed by atoms with Crippen molar-refractivity contribution in [3.8, 4) is 0 Å². The van der Waals surface area contributed by atoms with Crippen LogP contribution in [0.15, 0.2) is 65.1 Å². The van der Waals surface area contributed by atoms with E-state index in [4.69, 9.17) is 0 Å². The van der Waals surface area contributed by atoms with Crippen LogP contribution in [-0.4, -0.2) is 30.5 Å². The molecular formula is C26H30BrN2O+. The van der Waals surface area contributed by atoms with Gasteiger partial charge in [0.25, 0.3) is 5.91 Å². The molecule has 0 spiro atoms. The molecule has 3 nitrogen and oxygen atoms in total. The van der Waals surface area contributed by atoms with Crippen molar-refractivity contribution in [1.82, 2.24) is 0 Å². The number of hydrogen-bond donors (Lipinski definition) is 1. The Balaban J connectivity index is 1.42. The van der Waals surface area contributed by atoms with Crippen LogP contribution < -0.4 is 5.32 Å². The number of halogens is 1. The van der Waals surface area contributed by atoms with Crippen LogP contribution in [0.1, 0.15) is 48.0 Å². The molecule has 4 rings (SSSR count). The van der Waals surface area contributed by atoms with E-state index >= 15 is 0 Å². The molecule has 156 valence electrons. The summed E-state index contributed by atoms with van der Waals surface area (Å²) in [4.78, 5) is 12.7. The first kappa shape index (κ1) is 21.1. The Hall–Kier alpha value is -2.17. The standard InChI is InChI=1S/C26H29BrN2O/c1-29(2,25-6-4-3-5-7-25)18-19-8-14-24(15-9-19)28-26(30)21-11-10-20-12-13-23(27)17-22(20)16-21/h8-17,25H,3-7,18H2,1-2H3/p+1. The summed E-state index contributed by atoms with van der Waals surface area (Å²) in [6, 6.07) is 21.0. The molecule has 0 aromatic heterocycles. The molecule has 3 aromatic carbocycles. The zero-order chi connectivity index (χ0) is 21.1. The molecule has 0 atom stereocenters. The van der Waals surface area contributed by atoms with Gasteiger partial charge in [0.2, 0.25) is 0 Å². The van der Waals surface area contributed by atoms with Gasteiger partial charge in [-0.05, 0) is 72.9 Å². The molecule has 1 amide bonds. The number of amides is 1. The Morgan fingerprint density at radius 2 is 1.63 bits per heavy atom. The molecule has 0 heterocycles. The average Bonchev–Trinajstić information content (AvgIpc) is 2.75. The first-order valence-electron chi connectivity index (χ1n) is 10.8. The van der Waals surface area contributed by atoms with Gasteiger partial charge in [0.1, 0.15) is 6.54 Å². The van der Waals surface area contributed by atoms with Crippen LogP contribution in [0.2, 0.25) is 0 Å². The lowest BCUT2D eigenvalue weighted by Crippen LogP contribution is -2.48. The predicted octanol–water partition coefficient (Wildman–Crippen LogP) is 6.76. The monoisotopic (exact) mass is 465 g/mol. The zero-order valence-electron chi connectivity index (χ0n) is 17.8. The molecule has 0 aliphatic heterocycles. The number of quaternary nitrogens is 1. The molecule has 30 heavy (non-hydrogen) atoms. The summed E-state index contributed by atoms with van der Waals surface area (Å²) in [6.45, 7) is 1.03. The first-order chi connectivity index (χ1) is 14.4. The molecule has 1 aliphatic carbocycles. The Labute approximate surface area is 187 Å². The number of fused-ring (bicyclic) bond motifs is 1. The molecule has 0 unspecified atom stereocenters. The maximum atomic E-state index is 12.7. The highest BCUT2D eigenvalue weighted by Crippen LogP contribution is 2.28. The van der Waals surface area contributed by atoms with E-state index in [1.807, 2.05) is 48.5 Å². The molecule has 1 fully saturated rings. The third kappa shape index (κ3) is 4.93. The number of carbonyl (C=O) groups is 1. The highest BCUT2D eigenvalue weighted by Gasteiger charge is 2.29. The second-order valence-corrected chi connectivity index (χ2v) is 10.0. The second-order valence-electron chi connectivity index (χ2n) is 9.09. The molecule has 4 heteroatoms. The average molecular weight is 466 g/mol. The molecule has 1 N–H and O–H groups in total. The van der Waals surface area contributed by atoms with Crippen molar-refractivity contribution in [3.05, 3.63) is 76.3 Å². The summed E-state index contributed by atoms with van der Waals surface area (Å²) in [5, 5.41) is 5.21. The Morgan fingerprint density at radius 3 is 2.37 bits per heavy atom. The van der Waals surface area contributed by atoms with Crippen LogP contribution in [0, 0.1) is 0 Å². The van der Waals surface area contributed by atoms with Gasteiger partial charge in [0, 0.05) is 21.3 Å². The molecule has 1 saturated carbocycles. The van der Waals surface area contributed by atoms with E-state index in [1.54, 1.807) is 0 Å². The lowest BCUT2D eigenvalue weighted by atomic mass is 9.92. The van der Waals surface area contributed by atoms with Crippen molar-refractivity contribution in [2.45, 2.75) is 44.7 Å². The number of hydrogen-bond acceptors (Lipinski definition) is 1. The summed E-state index contributed by atoms with van der Waals surface area (Å²) >= 11 is 3.50. The van der Waals surface area contributed by atoms with Gasteiger partial charge in [-0.3, -0.25) is 4.79 Å². The van der Waals surface area contributed by atoms with Gasteiger partial charge in [-0.1, -0.05) is 46.6 Å². The van der Waals surface area contributed by atoms with Crippen LogP contribution in [0.25, 0.3) is 10.8 Å². The molecular weight excluding hydrogens is 436 g/mol. The van der Waals surface area contributed by atoms with E-state index < -0.39 is 0 Å². The van der Waals surface area contributed by atoms with E-state index in [-0.39, 0.29) is 5.91 Å². The van der Waals surface area contributed by atoms with Gasteiger partial charge in [0.15, 0.2) is 0 Å². The molecule has 0 saturated heterocycles. The van der Waals surface area contributed by atoms with Gasteiger partial charge in [-0.25, -0.2) is 0 Å². The zero-order valence-corrected chi connectivity index (χ0v) is 19.4. The lowest BCUT2D eigenvalue weighted by molar-refractivity contribution is -0.929. The van der Waals surface area contributed by atoms with Crippen molar-refractivity contribution >= 4 is 38.3 Å². The van der Waals surface area contributed by atoms with Gasteiger partial charge in [-0.15, -0.1) is 0 Å². The summed E-state index contributed by atoms with van der Waals surface area (Å²) in [7, 11) is 4.70. The fourth-order valence-electron chi connectivity index (χ4n) is 4.64. The largest absolute Gasteiger partial charge is 0.322 e. The van der Waals surface area contributed by atoms with E-state index in [0.29, 0.717) is 5.56 Å². The third-order valence-corrected chi connectivity index (χ3v) is 6.92. The highest BCUT2D eigenvalue weighted by molar-refractivity contribution is 9.10. The Kier molecular flexibility index (Phi) is 6.26. The molecule has 3 aromatic rings. The SMILES string of the molecule is C[N+](C)(Cc1ccc(NC(=O)c2ccc3ccc(Br)cc3c2)cc1)C1CCCCC1. The minimum atomic E-state index is -0.0806. The summed E-state index contributed by atoms with van der Waals surface area (Å²) < 4.78 is 2.05. The Bertz CT molecular complexity index is 1040. The van der Waals surface area contributed by atoms with Crippen LogP contribution in [0.4, 0.5) is 5.69 Å². The third-order valence-electron chi connectivity index (χ3n) is 6.43. The maximum absolute atomic E-state index is 12.7. The van der Waals surface area contributed by atoms with Crippen molar-refractivity contribution in [2.75, 3.05) is 19.4 Å².